The number of aromatic nitrogens is 3. The van der Waals surface area contributed by atoms with Crippen LogP contribution in [0.15, 0.2) is 66.9 Å². The topological polar surface area (TPSA) is 94.6 Å². The molecule has 1 fully saturated rings. The number of carbonyl (C=O) groups is 1. The fraction of sp³-hybridized carbons (Fsp3) is 0.242. The highest BCUT2D eigenvalue weighted by Crippen LogP contribution is 2.43. The second kappa shape index (κ2) is 10.3. The van der Waals surface area contributed by atoms with Crippen molar-refractivity contribution >= 4 is 28.5 Å². The van der Waals surface area contributed by atoms with Crippen molar-refractivity contribution in [3.63, 3.8) is 0 Å². The molecule has 3 aromatic carbocycles. The number of rotatable bonds is 6. The lowest BCUT2D eigenvalue weighted by molar-refractivity contribution is -0.132. The second-order valence-electron chi connectivity index (χ2n) is 11.1. The van der Waals surface area contributed by atoms with Crippen molar-refractivity contribution in [3.8, 4) is 28.3 Å². The van der Waals surface area contributed by atoms with Crippen LogP contribution < -0.4 is 14.5 Å². The first-order chi connectivity index (χ1) is 20.4. The van der Waals surface area contributed by atoms with E-state index in [1.165, 1.54) is 0 Å². The Hall–Kier alpha value is -4.76. The van der Waals surface area contributed by atoms with Crippen LogP contribution in [-0.2, 0) is 17.9 Å². The average molecular weight is 564 g/mol. The monoisotopic (exact) mass is 563 g/mol. The predicted octanol–water partition coefficient (Wildman–Crippen LogP) is 5.79. The summed E-state index contributed by atoms with van der Waals surface area (Å²) in [7, 11) is 3.99. The maximum atomic E-state index is 15.3. The molecule has 0 atom stereocenters. The first kappa shape index (κ1) is 26.2. The Labute approximate surface area is 242 Å². The summed E-state index contributed by atoms with van der Waals surface area (Å²) in [5.41, 5.74) is 7.28. The number of carbonyl (C=O) groups excluding carboxylic acids is 1. The van der Waals surface area contributed by atoms with Gasteiger partial charge in [0.2, 0.25) is 0 Å². The molecule has 0 amide bonds. The van der Waals surface area contributed by atoms with Gasteiger partial charge in [0.05, 0.1) is 13.2 Å². The molecule has 42 heavy (non-hydrogen) atoms. The molecule has 0 unspecified atom stereocenters. The van der Waals surface area contributed by atoms with Crippen molar-refractivity contribution in [2.75, 3.05) is 30.4 Å². The predicted molar refractivity (Wildman–Crippen MR) is 160 cm³/mol. The van der Waals surface area contributed by atoms with Crippen LogP contribution in [0.4, 0.5) is 15.8 Å². The molecule has 2 N–H and O–H groups in total. The first-order valence-electron chi connectivity index (χ1n) is 14.0. The van der Waals surface area contributed by atoms with Crippen molar-refractivity contribution in [1.82, 2.24) is 15.0 Å². The molecule has 2 aliphatic rings. The number of H-pyrrole nitrogens is 1. The van der Waals surface area contributed by atoms with E-state index in [9.17, 15) is 9.90 Å². The van der Waals surface area contributed by atoms with Crippen molar-refractivity contribution < 1.29 is 19.0 Å². The standard InChI is InChI=1S/C33H30FN5O3/c1-38(2)22-10-8-20(9-11-22)32-36-31-24(12-13-35-33(31)37-32)23-4-3-5-28(26(23)18-40)39-16-25-27(34)14-21(19-6-7-19)15-29(25)42-30(41)17-39/h3-5,8-15,19,40H,6-7,16-18H2,1-2H3,(H,35,36,37). The quantitative estimate of drug-likeness (QED) is 0.199. The van der Waals surface area contributed by atoms with Gasteiger partial charge in [-0.25, -0.2) is 19.2 Å². The number of ether oxygens (including phenoxy) is 1. The van der Waals surface area contributed by atoms with Crippen LogP contribution in [-0.4, -0.2) is 46.7 Å². The highest BCUT2D eigenvalue weighted by atomic mass is 19.1. The van der Waals surface area contributed by atoms with E-state index < -0.39 is 5.97 Å². The van der Waals surface area contributed by atoms with E-state index in [1.54, 1.807) is 23.2 Å². The van der Waals surface area contributed by atoms with Gasteiger partial charge >= 0.3 is 5.97 Å². The lowest BCUT2D eigenvalue weighted by Crippen LogP contribution is -2.30. The highest BCUT2D eigenvalue weighted by molar-refractivity contribution is 5.94. The molecule has 1 aliphatic carbocycles. The van der Waals surface area contributed by atoms with E-state index in [0.717, 1.165) is 40.8 Å². The Bertz CT molecular complexity index is 1830. The third kappa shape index (κ3) is 4.65. The number of halogens is 1. The van der Waals surface area contributed by atoms with Gasteiger partial charge in [-0.3, -0.25) is 0 Å². The summed E-state index contributed by atoms with van der Waals surface area (Å²) in [5, 5.41) is 10.6. The number of fused-ring (bicyclic) bond motifs is 2. The molecule has 0 bridgehead atoms. The maximum absolute atomic E-state index is 15.3. The van der Waals surface area contributed by atoms with E-state index in [4.69, 9.17) is 9.72 Å². The van der Waals surface area contributed by atoms with Gasteiger partial charge in [0.15, 0.2) is 5.65 Å². The van der Waals surface area contributed by atoms with Crippen LogP contribution in [0.2, 0.25) is 0 Å². The summed E-state index contributed by atoms with van der Waals surface area (Å²) in [4.78, 5) is 29.4. The Balaban J connectivity index is 1.29. The lowest BCUT2D eigenvalue weighted by Gasteiger charge is -2.25. The minimum absolute atomic E-state index is 0.0788. The first-order valence-corrected chi connectivity index (χ1v) is 14.0. The molecule has 1 aliphatic heterocycles. The number of benzene rings is 3. The molecule has 9 heteroatoms. The summed E-state index contributed by atoms with van der Waals surface area (Å²) in [6, 6.07) is 18.9. The largest absolute Gasteiger partial charge is 0.425 e. The number of imidazole rings is 1. The Kier molecular flexibility index (Phi) is 6.39. The molecule has 0 saturated heterocycles. The van der Waals surface area contributed by atoms with Crippen molar-refractivity contribution in [2.45, 2.75) is 31.9 Å². The number of aliphatic hydroxyl groups is 1. The second-order valence-corrected chi connectivity index (χ2v) is 11.1. The molecule has 3 heterocycles. The Morgan fingerprint density at radius 3 is 2.62 bits per heavy atom. The number of nitrogens with one attached hydrogen (secondary N) is 1. The van der Waals surface area contributed by atoms with Crippen molar-refractivity contribution in [3.05, 3.63) is 89.4 Å². The zero-order valence-corrected chi connectivity index (χ0v) is 23.4. The molecule has 8 nitrogen and oxygen atoms in total. The van der Waals surface area contributed by atoms with Crippen LogP contribution in [0.3, 0.4) is 0 Å². The molecular weight excluding hydrogens is 533 g/mol. The van der Waals surface area contributed by atoms with E-state index in [1.807, 2.05) is 67.5 Å². The van der Waals surface area contributed by atoms with Gasteiger partial charge in [0, 0.05) is 53.9 Å². The van der Waals surface area contributed by atoms with E-state index in [-0.39, 0.29) is 31.3 Å². The van der Waals surface area contributed by atoms with E-state index in [2.05, 4.69) is 9.97 Å². The Morgan fingerprint density at radius 1 is 1.07 bits per heavy atom. The molecule has 212 valence electrons. The number of aliphatic hydroxyl groups excluding tert-OH is 1. The minimum Gasteiger partial charge on any atom is -0.425 e. The zero-order chi connectivity index (χ0) is 29.0. The molecule has 7 rings (SSSR count). The highest BCUT2D eigenvalue weighted by Gasteiger charge is 2.30. The normalized spacial score (nSPS) is 15.0. The lowest BCUT2D eigenvalue weighted by atomic mass is 9.97. The van der Waals surface area contributed by atoms with Crippen LogP contribution in [0.25, 0.3) is 33.7 Å². The van der Waals surface area contributed by atoms with Gasteiger partial charge < -0.3 is 24.6 Å². The van der Waals surface area contributed by atoms with Gasteiger partial charge in [-0.05, 0) is 78.4 Å². The molecule has 1 saturated carbocycles. The number of aromatic amines is 1. The third-order valence-corrected chi connectivity index (χ3v) is 8.10. The minimum atomic E-state index is -0.473. The molecule has 0 radical (unpaired) electrons. The fourth-order valence-corrected chi connectivity index (χ4v) is 5.73. The summed E-state index contributed by atoms with van der Waals surface area (Å²) in [6.07, 6.45) is 3.75. The number of hydrogen-bond acceptors (Lipinski definition) is 7. The van der Waals surface area contributed by atoms with E-state index >= 15 is 4.39 Å². The molecular formula is C33H30FN5O3. The zero-order valence-electron chi connectivity index (χ0n) is 23.4. The fourth-order valence-electron chi connectivity index (χ4n) is 5.73. The SMILES string of the molecule is CN(C)c1ccc(-c2nc3c(-c4cccc(N5CC(=O)Oc6cc(C7CC7)cc(F)c6C5)c4CO)ccnc3[nH]2)cc1. The summed E-state index contributed by atoms with van der Waals surface area (Å²) in [5.74, 6) is 0.445. The maximum Gasteiger partial charge on any atom is 0.330 e. The number of nitrogens with zero attached hydrogens (tertiary/aromatic N) is 4. The number of pyridine rings is 1. The molecule has 5 aromatic rings. The average Bonchev–Trinajstić information content (AvgIpc) is 3.77. The van der Waals surface area contributed by atoms with Crippen molar-refractivity contribution in [2.24, 2.45) is 0 Å². The van der Waals surface area contributed by atoms with Crippen LogP contribution in [0, 0.1) is 5.82 Å². The number of esters is 1. The van der Waals surface area contributed by atoms with Crippen molar-refractivity contribution in [1.29, 1.82) is 0 Å². The number of anilines is 2. The van der Waals surface area contributed by atoms with Gasteiger partial charge in [0.1, 0.15) is 29.5 Å². The smallest absolute Gasteiger partial charge is 0.330 e. The van der Waals surface area contributed by atoms with Gasteiger partial charge in [0.25, 0.3) is 0 Å². The Morgan fingerprint density at radius 2 is 1.88 bits per heavy atom. The third-order valence-electron chi connectivity index (χ3n) is 8.10. The van der Waals surface area contributed by atoms with Crippen LogP contribution >= 0.6 is 0 Å². The molecule has 0 spiro atoms. The van der Waals surface area contributed by atoms with Crippen LogP contribution in [0.1, 0.15) is 35.4 Å². The molecule has 2 aromatic heterocycles. The summed E-state index contributed by atoms with van der Waals surface area (Å²) >= 11 is 0. The summed E-state index contributed by atoms with van der Waals surface area (Å²) in [6.45, 7) is -0.236. The van der Waals surface area contributed by atoms with Gasteiger partial charge in [-0.15, -0.1) is 0 Å². The number of hydrogen-bond donors (Lipinski definition) is 2. The summed E-state index contributed by atoms with van der Waals surface area (Å²) < 4.78 is 20.9. The van der Waals surface area contributed by atoms with Gasteiger partial charge in [-0.2, -0.15) is 0 Å². The van der Waals surface area contributed by atoms with Crippen LogP contribution in [0.5, 0.6) is 5.75 Å². The van der Waals surface area contributed by atoms with E-state index in [0.29, 0.717) is 39.7 Å². The van der Waals surface area contributed by atoms with Gasteiger partial charge in [-0.1, -0.05) is 12.1 Å².